The van der Waals surface area contributed by atoms with Crippen molar-refractivity contribution in [3.8, 4) is 11.5 Å². The molecule has 0 aliphatic rings. The van der Waals surface area contributed by atoms with Crippen LogP contribution in [0.3, 0.4) is 0 Å². The highest BCUT2D eigenvalue weighted by Gasteiger charge is 2.41. The first kappa shape index (κ1) is 19.0. The molecule has 0 saturated heterocycles. The molecule has 0 aliphatic heterocycles. The zero-order valence-electron chi connectivity index (χ0n) is 14.7. The molecular formula is C19H30O2Si. The van der Waals surface area contributed by atoms with E-state index < -0.39 is 14.2 Å². The van der Waals surface area contributed by atoms with Gasteiger partial charge in [-0.25, -0.2) is 0 Å². The number of benzene rings is 1. The van der Waals surface area contributed by atoms with Crippen LogP contribution in [-0.2, 0) is 0 Å². The summed E-state index contributed by atoms with van der Waals surface area (Å²) in [7, 11) is -1.70. The molecule has 0 radical (unpaired) electrons. The lowest BCUT2D eigenvalue weighted by Crippen LogP contribution is -2.43. The van der Waals surface area contributed by atoms with Crippen molar-refractivity contribution < 1.29 is 10.2 Å². The molecule has 1 rings (SSSR count). The maximum Gasteiger partial charge on any atom is 0.146 e. The van der Waals surface area contributed by atoms with E-state index in [0.29, 0.717) is 16.6 Å². The van der Waals surface area contributed by atoms with Crippen molar-refractivity contribution >= 4 is 8.07 Å². The molecule has 0 saturated carbocycles. The molecule has 1 aromatic rings. The molecule has 0 heterocycles. The molecule has 1 aromatic carbocycles. The van der Waals surface area contributed by atoms with Crippen molar-refractivity contribution in [3.05, 3.63) is 35.4 Å². The predicted octanol–water partition coefficient (Wildman–Crippen LogP) is 4.28. The Morgan fingerprint density at radius 2 is 1.36 bits per heavy atom. The average molecular weight is 319 g/mol. The fourth-order valence-electron chi connectivity index (χ4n) is 3.51. The summed E-state index contributed by atoms with van der Waals surface area (Å²) in [6, 6.07) is 7.55. The van der Waals surface area contributed by atoms with Crippen LogP contribution in [0.15, 0.2) is 24.3 Å². The smallest absolute Gasteiger partial charge is 0.146 e. The van der Waals surface area contributed by atoms with Gasteiger partial charge in [0, 0.05) is 5.56 Å². The molecule has 0 fully saturated rings. The van der Waals surface area contributed by atoms with Gasteiger partial charge in [0.05, 0.1) is 6.61 Å². The Kier molecular flexibility index (Phi) is 6.86. The molecule has 2 N–H and O–H groups in total. The van der Waals surface area contributed by atoms with E-state index in [1.807, 2.05) is 24.3 Å². The molecule has 3 heteroatoms. The monoisotopic (exact) mass is 318 g/mol. The largest absolute Gasteiger partial charge is 0.393 e. The fraction of sp³-hybridized carbons (Fsp3) is 0.579. The van der Waals surface area contributed by atoms with Gasteiger partial charge in [0.25, 0.3) is 0 Å². The first-order chi connectivity index (χ1) is 10.3. The second-order valence-corrected chi connectivity index (χ2v) is 12.5. The lowest BCUT2D eigenvalue weighted by Gasteiger charge is -2.38. The minimum Gasteiger partial charge on any atom is -0.393 e. The molecule has 0 amide bonds. The van der Waals surface area contributed by atoms with Crippen molar-refractivity contribution in [2.75, 3.05) is 6.61 Å². The van der Waals surface area contributed by atoms with E-state index >= 15 is 0 Å². The van der Waals surface area contributed by atoms with Crippen molar-refractivity contribution in [3.63, 3.8) is 0 Å². The van der Waals surface area contributed by atoms with Gasteiger partial charge in [-0.1, -0.05) is 59.6 Å². The summed E-state index contributed by atoms with van der Waals surface area (Å²) in [5.74, 6) is 3.38. The van der Waals surface area contributed by atoms with Crippen LogP contribution in [0.5, 0.6) is 0 Å². The topological polar surface area (TPSA) is 40.5 Å². The fourth-order valence-corrected chi connectivity index (χ4v) is 8.73. The molecular weight excluding hydrogens is 288 g/mol. The van der Waals surface area contributed by atoms with Crippen molar-refractivity contribution in [2.45, 2.75) is 64.3 Å². The normalized spacial score (nSPS) is 13.4. The second kappa shape index (κ2) is 7.96. The Morgan fingerprint density at radius 3 is 1.73 bits per heavy atom. The Hall–Kier alpha value is -1.08. The third-order valence-electron chi connectivity index (χ3n) is 4.76. The molecule has 0 bridgehead atoms. The maximum absolute atomic E-state index is 9.62. The summed E-state index contributed by atoms with van der Waals surface area (Å²) < 4.78 is 0. The van der Waals surface area contributed by atoms with Gasteiger partial charge >= 0.3 is 0 Å². The summed E-state index contributed by atoms with van der Waals surface area (Å²) in [5, 5.41) is 18.6. The van der Waals surface area contributed by atoms with Gasteiger partial charge in [-0.3, -0.25) is 0 Å². The van der Waals surface area contributed by atoms with Gasteiger partial charge in [0.2, 0.25) is 0 Å². The Bertz CT molecular complexity index is 499. The molecule has 0 spiro atoms. The summed E-state index contributed by atoms with van der Waals surface area (Å²) in [6.07, 6.45) is -0.808. The minimum atomic E-state index is -1.70. The highest BCUT2D eigenvalue weighted by Crippen LogP contribution is 2.40. The number of rotatable bonds is 5. The molecule has 1 atom stereocenters. The highest BCUT2D eigenvalue weighted by atomic mass is 28.3. The molecule has 122 valence electrons. The first-order valence-corrected chi connectivity index (χ1v) is 10.4. The molecule has 0 aliphatic carbocycles. The zero-order chi connectivity index (χ0) is 16.9. The Morgan fingerprint density at radius 1 is 0.909 bits per heavy atom. The molecule has 0 aromatic heterocycles. The van der Waals surface area contributed by atoms with E-state index in [2.05, 4.69) is 53.0 Å². The van der Waals surface area contributed by atoms with Crippen LogP contribution >= 0.6 is 0 Å². The van der Waals surface area contributed by atoms with Crippen LogP contribution in [-0.4, -0.2) is 24.9 Å². The van der Waals surface area contributed by atoms with Crippen LogP contribution in [0.4, 0.5) is 0 Å². The Labute approximate surface area is 136 Å². The van der Waals surface area contributed by atoms with Gasteiger partial charge in [0.15, 0.2) is 0 Å². The van der Waals surface area contributed by atoms with E-state index in [9.17, 15) is 5.11 Å². The van der Waals surface area contributed by atoms with Crippen molar-refractivity contribution in [1.29, 1.82) is 0 Å². The van der Waals surface area contributed by atoms with Crippen molar-refractivity contribution in [2.24, 2.45) is 0 Å². The average Bonchev–Trinajstić information content (AvgIpc) is 2.46. The molecule has 22 heavy (non-hydrogen) atoms. The number of hydrogen-bond acceptors (Lipinski definition) is 2. The number of aliphatic hydroxyl groups excluding tert-OH is 2. The van der Waals surface area contributed by atoms with Crippen LogP contribution in [0.25, 0.3) is 0 Å². The third-order valence-corrected chi connectivity index (χ3v) is 11.0. The van der Waals surface area contributed by atoms with Gasteiger partial charge < -0.3 is 10.2 Å². The van der Waals surface area contributed by atoms with Gasteiger partial charge in [-0.2, -0.15) is 0 Å². The lowest BCUT2D eigenvalue weighted by molar-refractivity contribution is 0.0956. The SMILES string of the molecule is CC(C)[Si](C#Cc1ccc(C(O)CO)cc1)(C(C)C)C(C)C. The Balaban J connectivity index is 3.13. The third kappa shape index (κ3) is 4.01. The van der Waals surface area contributed by atoms with Gasteiger partial charge in [-0.15, -0.1) is 5.54 Å². The minimum absolute atomic E-state index is 0.255. The van der Waals surface area contributed by atoms with E-state index in [0.717, 1.165) is 11.1 Å². The summed E-state index contributed by atoms with van der Waals surface area (Å²) in [5.41, 5.74) is 7.26. The van der Waals surface area contributed by atoms with E-state index in [4.69, 9.17) is 5.11 Å². The van der Waals surface area contributed by atoms with Crippen LogP contribution in [0.1, 0.15) is 58.8 Å². The van der Waals surface area contributed by atoms with E-state index in [1.165, 1.54) is 0 Å². The molecule has 1 unspecified atom stereocenters. The van der Waals surface area contributed by atoms with E-state index in [-0.39, 0.29) is 6.61 Å². The highest BCUT2D eigenvalue weighted by molar-refractivity contribution is 6.90. The first-order valence-electron chi connectivity index (χ1n) is 8.17. The maximum atomic E-state index is 9.62. The predicted molar refractivity (Wildman–Crippen MR) is 96.4 cm³/mol. The summed E-state index contributed by atoms with van der Waals surface area (Å²) in [6.45, 7) is 13.6. The number of hydrogen-bond donors (Lipinski definition) is 2. The summed E-state index contributed by atoms with van der Waals surface area (Å²) >= 11 is 0. The van der Waals surface area contributed by atoms with Crippen LogP contribution < -0.4 is 0 Å². The second-order valence-electron chi connectivity index (χ2n) is 6.97. The zero-order valence-corrected chi connectivity index (χ0v) is 15.7. The summed E-state index contributed by atoms with van der Waals surface area (Å²) in [4.78, 5) is 0. The van der Waals surface area contributed by atoms with Gasteiger partial charge in [0.1, 0.15) is 14.2 Å². The van der Waals surface area contributed by atoms with Gasteiger partial charge in [-0.05, 0) is 34.3 Å². The van der Waals surface area contributed by atoms with Crippen LogP contribution in [0, 0.1) is 11.5 Å². The standard InChI is InChI=1S/C19H30O2Si/c1-14(2)22(15(3)4,16(5)6)12-11-17-7-9-18(10-8-17)19(21)13-20/h7-10,14-16,19-21H,13H2,1-6H3. The number of aliphatic hydroxyl groups is 2. The quantitative estimate of drug-likeness (QED) is 0.628. The van der Waals surface area contributed by atoms with E-state index in [1.54, 1.807) is 0 Å². The van der Waals surface area contributed by atoms with Crippen molar-refractivity contribution in [1.82, 2.24) is 0 Å². The van der Waals surface area contributed by atoms with Crippen LogP contribution in [0.2, 0.25) is 16.6 Å². The lowest BCUT2D eigenvalue weighted by atomic mass is 10.1. The molecule has 2 nitrogen and oxygen atoms in total.